The van der Waals surface area contributed by atoms with E-state index < -0.39 is 0 Å². The van der Waals surface area contributed by atoms with Crippen LogP contribution >= 0.6 is 0 Å². The third-order valence-electron chi connectivity index (χ3n) is 2.24. The van der Waals surface area contributed by atoms with Crippen LogP contribution in [0.15, 0.2) is 48.5 Å². The zero-order valence-electron chi connectivity index (χ0n) is 9.82. The van der Waals surface area contributed by atoms with E-state index in [0.717, 1.165) is 11.1 Å². The molecule has 0 heterocycles. The molecule has 0 bridgehead atoms. The summed E-state index contributed by atoms with van der Waals surface area (Å²) in [5.74, 6) is -0.220. The number of halogens is 1. The Morgan fingerprint density at radius 1 is 0.882 bits per heavy atom. The molecule has 0 N–H and O–H groups in total. The summed E-state index contributed by atoms with van der Waals surface area (Å²) in [6.45, 7) is 1.06. The maximum absolute atomic E-state index is 12.6. The van der Waals surface area contributed by atoms with Crippen molar-refractivity contribution >= 4 is 0 Å². The first-order valence-electron chi connectivity index (χ1n) is 5.12. The Bertz CT molecular complexity index is 428. The Morgan fingerprint density at radius 3 is 2.00 bits per heavy atom. The summed E-state index contributed by atoms with van der Waals surface area (Å²) in [7, 11) is 0. The van der Waals surface area contributed by atoms with Crippen molar-refractivity contribution in [1.82, 2.24) is 0 Å². The molecule has 0 radical (unpaired) electrons. The molecule has 0 aliphatic heterocycles. The monoisotopic (exact) mass is 222 g/mol. The predicted molar refractivity (Wildman–Crippen MR) is 60.2 cm³/mol. The van der Waals surface area contributed by atoms with Gasteiger partial charge in [0.25, 0.3) is 0 Å². The van der Waals surface area contributed by atoms with Crippen LogP contribution in [0.4, 0.5) is 4.39 Å². The number of hydrogen-bond acceptors (Lipinski definition) is 1. The Kier molecular flexibility index (Phi) is 6.00. The molecule has 0 aliphatic rings. The van der Waals surface area contributed by atoms with Crippen LogP contribution in [0.5, 0.6) is 0 Å². The van der Waals surface area contributed by atoms with Crippen molar-refractivity contribution in [2.75, 3.05) is 0 Å². The van der Waals surface area contributed by atoms with Crippen molar-refractivity contribution in [2.45, 2.75) is 13.2 Å². The predicted octanol–water partition coefficient (Wildman–Crippen LogP) is 0.347. The molecule has 0 atom stereocenters. The largest absolute Gasteiger partial charge is 1.00 e. The number of benzene rings is 2. The van der Waals surface area contributed by atoms with Crippen molar-refractivity contribution in [1.29, 1.82) is 0 Å². The van der Waals surface area contributed by atoms with Gasteiger partial charge in [-0.15, -0.1) is 5.56 Å². The first-order valence-corrected chi connectivity index (χ1v) is 5.12. The van der Waals surface area contributed by atoms with Gasteiger partial charge in [0.2, 0.25) is 0 Å². The van der Waals surface area contributed by atoms with E-state index in [1.165, 1.54) is 12.1 Å². The summed E-state index contributed by atoms with van der Waals surface area (Å²) >= 11 is 0. The molecule has 0 fully saturated rings. The SMILES string of the molecule is Fc1ccc(COCc2cc[c-]cc2)cc1.[Li+]. The topological polar surface area (TPSA) is 9.23 Å². The maximum atomic E-state index is 12.6. The third-order valence-corrected chi connectivity index (χ3v) is 2.24. The number of ether oxygens (including phenoxy) is 1. The standard InChI is InChI=1S/C14H12FO.Li/c15-14-8-6-13(7-9-14)11-16-10-12-4-2-1-3-5-12;/h2-9H,10-11H2;/q-1;+1. The minimum absolute atomic E-state index is 0. The van der Waals surface area contributed by atoms with Crippen molar-refractivity contribution < 1.29 is 28.0 Å². The van der Waals surface area contributed by atoms with E-state index in [2.05, 4.69) is 6.07 Å². The Hall–Kier alpha value is -1.07. The van der Waals surface area contributed by atoms with Crippen LogP contribution < -0.4 is 18.9 Å². The summed E-state index contributed by atoms with van der Waals surface area (Å²) in [4.78, 5) is 0. The van der Waals surface area contributed by atoms with Crippen LogP contribution in [0, 0.1) is 11.9 Å². The van der Waals surface area contributed by atoms with E-state index in [9.17, 15) is 4.39 Å². The molecule has 0 aromatic heterocycles. The van der Waals surface area contributed by atoms with Crippen LogP contribution in [-0.2, 0) is 18.0 Å². The molecule has 2 rings (SSSR count). The summed E-state index contributed by atoms with van der Waals surface area (Å²) in [5.41, 5.74) is 2.09. The van der Waals surface area contributed by atoms with Crippen LogP contribution in [0.25, 0.3) is 0 Å². The molecule has 0 unspecified atom stereocenters. The molecule has 1 nitrogen and oxygen atoms in total. The summed E-state index contributed by atoms with van der Waals surface area (Å²) in [6.07, 6.45) is 0. The Morgan fingerprint density at radius 2 is 1.41 bits per heavy atom. The van der Waals surface area contributed by atoms with E-state index in [4.69, 9.17) is 4.74 Å². The van der Waals surface area contributed by atoms with Crippen LogP contribution in [0.2, 0.25) is 0 Å². The summed E-state index contributed by atoms with van der Waals surface area (Å²) in [5, 5.41) is 0. The van der Waals surface area contributed by atoms with Crippen molar-refractivity contribution in [3.8, 4) is 0 Å². The van der Waals surface area contributed by atoms with Gasteiger partial charge < -0.3 is 4.74 Å². The van der Waals surface area contributed by atoms with E-state index in [1.807, 2.05) is 24.3 Å². The molecule has 0 spiro atoms. The smallest absolute Gasteiger partial charge is 0.374 e. The summed E-state index contributed by atoms with van der Waals surface area (Å²) < 4.78 is 18.1. The van der Waals surface area contributed by atoms with E-state index in [0.29, 0.717) is 13.2 Å². The number of rotatable bonds is 4. The van der Waals surface area contributed by atoms with Gasteiger partial charge in [-0.1, -0.05) is 12.1 Å². The van der Waals surface area contributed by atoms with Gasteiger partial charge in [-0.3, -0.25) is 0 Å². The van der Waals surface area contributed by atoms with Gasteiger partial charge in [0.05, 0.1) is 13.2 Å². The quantitative estimate of drug-likeness (QED) is 0.535. The first-order chi connectivity index (χ1) is 7.84. The van der Waals surface area contributed by atoms with Crippen molar-refractivity contribution in [3.05, 3.63) is 71.5 Å². The molecule has 0 amide bonds. The zero-order valence-corrected chi connectivity index (χ0v) is 9.82. The second-order valence-corrected chi connectivity index (χ2v) is 3.53. The van der Waals surface area contributed by atoms with Crippen LogP contribution in [0.1, 0.15) is 11.1 Å². The molecule has 2 aromatic rings. The van der Waals surface area contributed by atoms with Gasteiger partial charge >= 0.3 is 18.9 Å². The van der Waals surface area contributed by atoms with Gasteiger partial charge in [-0.05, 0) is 17.7 Å². The minimum Gasteiger partial charge on any atom is -0.374 e. The Balaban J connectivity index is 0.00000144. The van der Waals surface area contributed by atoms with E-state index >= 15 is 0 Å². The molecule has 3 heteroatoms. The number of hydrogen-bond donors (Lipinski definition) is 0. The van der Waals surface area contributed by atoms with Crippen LogP contribution in [-0.4, -0.2) is 0 Å². The zero-order chi connectivity index (χ0) is 11.2. The molecule has 0 aliphatic carbocycles. The second kappa shape index (κ2) is 7.29. The average Bonchev–Trinajstić information content (AvgIpc) is 2.33. The normalized spacial score (nSPS) is 9.71. The van der Waals surface area contributed by atoms with E-state index in [1.54, 1.807) is 12.1 Å². The molecule has 17 heavy (non-hydrogen) atoms. The third kappa shape index (κ3) is 4.75. The fraction of sp³-hybridized carbons (Fsp3) is 0.143. The average molecular weight is 222 g/mol. The first kappa shape index (κ1) is 14.0. The molecule has 0 saturated heterocycles. The maximum Gasteiger partial charge on any atom is 1.00 e. The van der Waals surface area contributed by atoms with Crippen LogP contribution in [0.3, 0.4) is 0 Å². The van der Waals surface area contributed by atoms with Gasteiger partial charge in [0.1, 0.15) is 5.82 Å². The van der Waals surface area contributed by atoms with Gasteiger partial charge in [0.15, 0.2) is 0 Å². The minimum atomic E-state index is -0.220. The molecule has 82 valence electrons. The Labute approximate surface area is 113 Å². The van der Waals surface area contributed by atoms with Gasteiger partial charge in [-0.25, -0.2) is 4.39 Å². The second-order valence-electron chi connectivity index (χ2n) is 3.53. The van der Waals surface area contributed by atoms with E-state index in [-0.39, 0.29) is 24.7 Å². The molecular formula is C14H12FLiO. The molecule has 2 aromatic carbocycles. The summed E-state index contributed by atoms with van der Waals surface area (Å²) in [6, 6.07) is 16.9. The van der Waals surface area contributed by atoms with Crippen molar-refractivity contribution in [2.24, 2.45) is 0 Å². The van der Waals surface area contributed by atoms with Gasteiger partial charge in [0, 0.05) is 0 Å². The fourth-order valence-electron chi connectivity index (χ4n) is 1.39. The molecule has 0 saturated carbocycles. The van der Waals surface area contributed by atoms with Crippen molar-refractivity contribution in [3.63, 3.8) is 0 Å². The molecular weight excluding hydrogens is 210 g/mol. The fourth-order valence-corrected chi connectivity index (χ4v) is 1.39. The van der Waals surface area contributed by atoms with Gasteiger partial charge in [-0.2, -0.15) is 30.3 Å².